The van der Waals surface area contributed by atoms with E-state index in [0.717, 1.165) is 6.07 Å². The summed E-state index contributed by atoms with van der Waals surface area (Å²) in [5.41, 5.74) is 5.05. The monoisotopic (exact) mass is 350 g/mol. The van der Waals surface area contributed by atoms with Crippen LogP contribution >= 0.6 is 15.9 Å². The van der Waals surface area contributed by atoms with Crippen molar-refractivity contribution in [1.82, 2.24) is 4.31 Å². The van der Waals surface area contributed by atoms with Crippen molar-refractivity contribution < 1.29 is 17.6 Å². The van der Waals surface area contributed by atoms with Gasteiger partial charge in [-0.3, -0.25) is 4.79 Å². The van der Waals surface area contributed by atoms with Gasteiger partial charge >= 0.3 is 0 Å². The molecule has 0 aliphatic carbocycles. The molecule has 2 rings (SSSR count). The van der Waals surface area contributed by atoms with Gasteiger partial charge in [-0.2, -0.15) is 4.31 Å². The van der Waals surface area contributed by atoms with E-state index < -0.39 is 21.7 Å². The lowest BCUT2D eigenvalue weighted by molar-refractivity contribution is -0.119. The molecule has 1 aromatic carbocycles. The van der Waals surface area contributed by atoms with Crippen LogP contribution in [0.5, 0.6) is 0 Å². The number of primary amides is 1. The number of hydrogen-bond donors (Lipinski definition) is 1. The van der Waals surface area contributed by atoms with Crippen molar-refractivity contribution in [1.29, 1.82) is 0 Å². The highest BCUT2D eigenvalue weighted by molar-refractivity contribution is 9.10. The van der Waals surface area contributed by atoms with Gasteiger partial charge in [0.2, 0.25) is 15.9 Å². The first kappa shape index (κ1) is 14.4. The van der Waals surface area contributed by atoms with E-state index in [1.165, 1.54) is 16.4 Å². The summed E-state index contributed by atoms with van der Waals surface area (Å²) in [6.07, 6.45) is 0.163. The summed E-state index contributed by atoms with van der Waals surface area (Å²) >= 11 is 3.10. The summed E-state index contributed by atoms with van der Waals surface area (Å²) in [6.45, 7) is 0.461. The van der Waals surface area contributed by atoms with E-state index in [2.05, 4.69) is 15.9 Å². The van der Waals surface area contributed by atoms with Crippen LogP contribution in [0.4, 0.5) is 4.39 Å². The molecule has 1 aromatic rings. The van der Waals surface area contributed by atoms with Crippen LogP contribution in [-0.4, -0.2) is 31.7 Å². The van der Waals surface area contributed by atoms with Gasteiger partial charge in [0, 0.05) is 24.0 Å². The average molecular weight is 351 g/mol. The zero-order valence-electron chi connectivity index (χ0n) is 9.84. The lowest BCUT2D eigenvalue weighted by Crippen LogP contribution is -2.50. The maximum Gasteiger partial charge on any atom is 0.244 e. The Labute approximate surface area is 118 Å². The number of hydrogen-bond acceptors (Lipinski definition) is 3. The average Bonchev–Trinajstić information content (AvgIpc) is 2.25. The van der Waals surface area contributed by atoms with Crippen molar-refractivity contribution in [2.45, 2.75) is 11.3 Å². The maximum absolute atomic E-state index is 13.1. The molecule has 2 N–H and O–H groups in total. The highest BCUT2D eigenvalue weighted by Crippen LogP contribution is 2.31. The van der Waals surface area contributed by atoms with Crippen molar-refractivity contribution in [2.75, 3.05) is 13.1 Å². The van der Waals surface area contributed by atoms with Gasteiger partial charge in [-0.15, -0.1) is 0 Å². The molecule has 0 atom stereocenters. The van der Waals surface area contributed by atoms with Crippen LogP contribution in [0.3, 0.4) is 0 Å². The van der Waals surface area contributed by atoms with Gasteiger partial charge in [0.25, 0.3) is 0 Å². The number of amides is 1. The first-order chi connectivity index (χ1) is 8.80. The molecule has 0 radical (unpaired) electrons. The summed E-state index contributed by atoms with van der Waals surface area (Å²) in [5, 5.41) is 0. The number of sulfonamides is 1. The van der Waals surface area contributed by atoms with E-state index in [1.54, 1.807) is 0 Å². The van der Waals surface area contributed by atoms with Gasteiger partial charge in [0.05, 0.1) is 4.90 Å². The molecule has 0 saturated carbocycles. The maximum atomic E-state index is 13.1. The number of nitrogens with zero attached hydrogens (tertiary/aromatic N) is 1. The second kappa shape index (κ2) is 5.18. The molecule has 1 fully saturated rings. The second-order valence-electron chi connectivity index (χ2n) is 4.43. The third kappa shape index (κ3) is 2.96. The molecule has 0 unspecified atom stereocenters. The first-order valence-electron chi connectivity index (χ1n) is 5.54. The van der Waals surface area contributed by atoms with E-state index >= 15 is 0 Å². The molecule has 1 saturated heterocycles. The molecule has 19 heavy (non-hydrogen) atoms. The minimum atomic E-state index is -3.73. The fourth-order valence-electron chi connectivity index (χ4n) is 1.95. The van der Waals surface area contributed by atoms with Gasteiger partial charge in [0.15, 0.2) is 0 Å². The lowest BCUT2D eigenvalue weighted by atomic mass is 9.99. The minimum absolute atomic E-state index is 0.0559. The molecule has 0 spiro atoms. The number of nitrogens with two attached hydrogens (primary N) is 1. The summed E-state index contributed by atoms with van der Waals surface area (Å²) < 4.78 is 39.1. The fourth-order valence-corrected chi connectivity index (χ4v) is 4.47. The van der Waals surface area contributed by atoms with Crippen LogP contribution in [0.1, 0.15) is 6.42 Å². The predicted molar refractivity (Wildman–Crippen MR) is 70.2 cm³/mol. The quantitative estimate of drug-likeness (QED) is 0.882. The van der Waals surface area contributed by atoms with Gasteiger partial charge in [0.1, 0.15) is 5.82 Å². The Balaban J connectivity index is 2.17. The topological polar surface area (TPSA) is 80.5 Å². The Kier molecular flexibility index (Phi) is 3.93. The van der Waals surface area contributed by atoms with Gasteiger partial charge in [-0.05, 0) is 40.0 Å². The van der Waals surface area contributed by atoms with Crippen LogP contribution in [0.25, 0.3) is 0 Å². The summed E-state index contributed by atoms with van der Waals surface area (Å²) in [7, 11) is -3.73. The van der Waals surface area contributed by atoms with Crippen molar-refractivity contribution in [3.63, 3.8) is 0 Å². The van der Waals surface area contributed by atoms with Crippen LogP contribution < -0.4 is 5.73 Å². The summed E-state index contributed by atoms with van der Waals surface area (Å²) in [6, 6.07) is 3.50. The molecule has 1 amide bonds. The predicted octanol–water partition coefficient (Wildman–Crippen LogP) is 1.08. The molecular formula is C11H12BrFN2O3S. The molecular weight excluding hydrogens is 339 g/mol. The Morgan fingerprint density at radius 1 is 1.47 bits per heavy atom. The van der Waals surface area contributed by atoms with Crippen molar-refractivity contribution in [2.24, 2.45) is 11.7 Å². The van der Waals surface area contributed by atoms with Crippen LogP contribution in [0.15, 0.2) is 27.6 Å². The number of rotatable bonds is 4. The molecule has 1 heterocycles. The van der Waals surface area contributed by atoms with E-state index in [1.807, 2.05) is 0 Å². The smallest absolute Gasteiger partial charge is 0.244 e. The number of benzene rings is 1. The van der Waals surface area contributed by atoms with E-state index in [9.17, 15) is 17.6 Å². The van der Waals surface area contributed by atoms with Gasteiger partial charge < -0.3 is 5.73 Å². The largest absolute Gasteiger partial charge is 0.370 e. The normalized spacial score (nSPS) is 17.2. The molecule has 1 aliphatic heterocycles. The molecule has 0 bridgehead atoms. The van der Waals surface area contributed by atoms with Crippen molar-refractivity contribution >= 4 is 31.9 Å². The fraction of sp³-hybridized carbons (Fsp3) is 0.364. The van der Waals surface area contributed by atoms with E-state index in [0.29, 0.717) is 4.47 Å². The SMILES string of the molecule is NC(=O)CC1CN(S(=O)(=O)c2cc(F)ccc2Br)C1. The second-order valence-corrected chi connectivity index (χ2v) is 7.19. The van der Waals surface area contributed by atoms with Crippen LogP contribution in [0.2, 0.25) is 0 Å². The minimum Gasteiger partial charge on any atom is -0.370 e. The highest BCUT2D eigenvalue weighted by atomic mass is 79.9. The molecule has 104 valence electrons. The van der Waals surface area contributed by atoms with Crippen LogP contribution in [0, 0.1) is 11.7 Å². The van der Waals surface area contributed by atoms with Crippen molar-refractivity contribution in [3.05, 3.63) is 28.5 Å². The Morgan fingerprint density at radius 3 is 2.68 bits per heavy atom. The Morgan fingerprint density at radius 2 is 2.11 bits per heavy atom. The summed E-state index contributed by atoms with van der Waals surface area (Å²) in [4.78, 5) is 10.6. The van der Waals surface area contributed by atoms with E-state index in [-0.39, 0.29) is 30.3 Å². The van der Waals surface area contributed by atoms with Crippen LogP contribution in [-0.2, 0) is 14.8 Å². The van der Waals surface area contributed by atoms with E-state index in [4.69, 9.17) is 5.73 Å². The Hall–Kier alpha value is -0.990. The Bertz CT molecular complexity index is 614. The highest BCUT2D eigenvalue weighted by Gasteiger charge is 2.38. The molecule has 8 heteroatoms. The van der Waals surface area contributed by atoms with Gasteiger partial charge in [-0.1, -0.05) is 0 Å². The standard InChI is InChI=1S/C11H12BrFN2O3S/c12-9-2-1-8(13)4-10(9)19(17,18)15-5-7(6-15)3-11(14)16/h1-2,4,7H,3,5-6H2,(H2,14,16). The molecule has 1 aliphatic rings. The number of carbonyl (C=O) groups excluding carboxylic acids is 1. The zero-order valence-corrected chi connectivity index (χ0v) is 12.2. The molecule has 5 nitrogen and oxygen atoms in total. The third-order valence-corrected chi connectivity index (χ3v) is 5.75. The summed E-state index contributed by atoms with van der Waals surface area (Å²) in [5.74, 6) is -1.12. The number of halogens is 2. The first-order valence-corrected chi connectivity index (χ1v) is 7.77. The zero-order chi connectivity index (χ0) is 14.2. The molecule has 0 aromatic heterocycles. The third-order valence-electron chi connectivity index (χ3n) is 2.92. The number of carbonyl (C=O) groups is 1. The lowest BCUT2D eigenvalue weighted by Gasteiger charge is -2.37. The van der Waals surface area contributed by atoms with Crippen molar-refractivity contribution in [3.8, 4) is 0 Å². The van der Waals surface area contributed by atoms with Gasteiger partial charge in [-0.25, -0.2) is 12.8 Å².